The molecule has 1 saturated carbocycles. The van der Waals surface area contributed by atoms with Gasteiger partial charge in [0.25, 0.3) is 0 Å². The summed E-state index contributed by atoms with van der Waals surface area (Å²) < 4.78 is 27.7. The Morgan fingerprint density at radius 3 is 2.45 bits per heavy atom. The molecule has 0 aromatic heterocycles. The zero-order valence-corrected chi connectivity index (χ0v) is 13.4. The minimum Gasteiger partial charge on any atom is -0.341 e. The molecule has 1 aliphatic carbocycles. The number of rotatable bonds is 4. The fourth-order valence-electron chi connectivity index (χ4n) is 3.06. The van der Waals surface area contributed by atoms with Crippen molar-refractivity contribution in [1.82, 2.24) is 4.90 Å². The van der Waals surface area contributed by atoms with E-state index in [1.807, 2.05) is 6.07 Å². The predicted octanol–water partition coefficient (Wildman–Crippen LogP) is 2.22. The molecule has 2 fully saturated rings. The highest BCUT2D eigenvalue weighted by Gasteiger charge is 2.36. The number of amides is 1. The van der Waals surface area contributed by atoms with E-state index in [1.54, 1.807) is 29.2 Å². The molecule has 1 saturated heterocycles. The Kier molecular flexibility index (Phi) is 4.38. The van der Waals surface area contributed by atoms with Crippen LogP contribution in [-0.2, 0) is 14.8 Å². The summed E-state index contributed by atoms with van der Waals surface area (Å²) in [6.07, 6.45) is 4.38. The first-order valence-electron chi connectivity index (χ1n) is 7.92. The standard InChI is InChI=1S/C16H22N2O3S/c19-16(13-6-4-7-13)18-11-5-10-15(12-18)22(20,21)17-14-8-2-1-3-9-14/h1-3,8-9,13,15,17H,4-7,10-12H2/t15-/m0/s1. The number of para-hydroxylation sites is 1. The highest BCUT2D eigenvalue weighted by molar-refractivity contribution is 7.93. The van der Waals surface area contributed by atoms with Crippen LogP contribution in [0.1, 0.15) is 32.1 Å². The number of hydrogen-bond donors (Lipinski definition) is 1. The van der Waals surface area contributed by atoms with Crippen LogP contribution in [0.4, 0.5) is 5.69 Å². The number of hydrogen-bond acceptors (Lipinski definition) is 3. The lowest BCUT2D eigenvalue weighted by Crippen LogP contribution is -2.49. The van der Waals surface area contributed by atoms with Crippen molar-refractivity contribution in [1.29, 1.82) is 0 Å². The highest BCUT2D eigenvalue weighted by Crippen LogP contribution is 2.30. The van der Waals surface area contributed by atoms with Gasteiger partial charge < -0.3 is 4.90 Å². The lowest BCUT2D eigenvalue weighted by molar-refractivity contribution is -0.138. The molecule has 0 spiro atoms. The lowest BCUT2D eigenvalue weighted by atomic mass is 9.84. The second kappa shape index (κ2) is 6.28. The van der Waals surface area contributed by atoms with Gasteiger partial charge in [-0.25, -0.2) is 8.42 Å². The fraction of sp³-hybridized carbons (Fsp3) is 0.562. The molecule has 1 aliphatic heterocycles. The van der Waals surface area contributed by atoms with Crippen molar-refractivity contribution in [3.05, 3.63) is 30.3 Å². The SMILES string of the molecule is O=C(C1CCC1)N1CCC[C@H](S(=O)(=O)Nc2ccccc2)C1. The normalized spacial score (nSPS) is 22.9. The first-order valence-corrected chi connectivity index (χ1v) is 9.46. The van der Waals surface area contributed by atoms with E-state index in [4.69, 9.17) is 0 Å². The predicted molar refractivity (Wildman–Crippen MR) is 85.9 cm³/mol. The number of sulfonamides is 1. The molecule has 3 rings (SSSR count). The first kappa shape index (κ1) is 15.3. The van der Waals surface area contributed by atoms with Crippen molar-refractivity contribution in [2.24, 2.45) is 5.92 Å². The second-order valence-corrected chi connectivity index (χ2v) is 8.15. The first-order chi connectivity index (χ1) is 10.6. The Labute approximate surface area is 131 Å². The lowest BCUT2D eigenvalue weighted by Gasteiger charge is -2.37. The number of benzene rings is 1. The highest BCUT2D eigenvalue weighted by atomic mass is 32.2. The van der Waals surface area contributed by atoms with E-state index in [0.29, 0.717) is 25.2 Å². The van der Waals surface area contributed by atoms with Crippen LogP contribution >= 0.6 is 0 Å². The van der Waals surface area contributed by atoms with E-state index in [0.717, 1.165) is 25.7 Å². The van der Waals surface area contributed by atoms with Gasteiger partial charge in [-0.15, -0.1) is 0 Å². The van der Waals surface area contributed by atoms with Gasteiger partial charge in [-0.3, -0.25) is 9.52 Å². The molecule has 6 heteroatoms. The van der Waals surface area contributed by atoms with E-state index < -0.39 is 15.3 Å². The number of piperidine rings is 1. The van der Waals surface area contributed by atoms with Gasteiger partial charge >= 0.3 is 0 Å². The number of carbonyl (C=O) groups is 1. The maximum Gasteiger partial charge on any atom is 0.237 e. The summed E-state index contributed by atoms with van der Waals surface area (Å²) >= 11 is 0. The van der Waals surface area contributed by atoms with Crippen molar-refractivity contribution in [2.45, 2.75) is 37.4 Å². The van der Waals surface area contributed by atoms with Crippen molar-refractivity contribution >= 4 is 21.6 Å². The molecule has 1 aromatic rings. The van der Waals surface area contributed by atoms with Gasteiger partial charge in [-0.05, 0) is 37.8 Å². The Bertz CT molecular complexity index is 626. The van der Waals surface area contributed by atoms with Crippen LogP contribution < -0.4 is 4.72 Å². The summed E-state index contributed by atoms with van der Waals surface area (Å²) in [5.74, 6) is 0.273. The number of nitrogens with zero attached hydrogens (tertiary/aromatic N) is 1. The average Bonchev–Trinajstić information content (AvgIpc) is 2.46. The Hall–Kier alpha value is -1.56. The minimum atomic E-state index is -3.46. The van der Waals surface area contributed by atoms with Crippen molar-refractivity contribution in [3.63, 3.8) is 0 Å². The van der Waals surface area contributed by atoms with Crippen molar-refractivity contribution in [3.8, 4) is 0 Å². The van der Waals surface area contributed by atoms with Gasteiger partial charge in [0.05, 0.1) is 5.25 Å². The van der Waals surface area contributed by atoms with Crippen LogP contribution in [0.5, 0.6) is 0 Å². The molecule has 1 aromatic carbocycles. The molecular formula is C16H22N2O3S. The third-order valence-corrected chi connectivity index (χ3v) is 6.40. The fourth-order valence-corrected chi connectivity index (χ4v) is 4.54. The minimum absolute atomic E-state index is 0.128. The van der Waals surface area contributed by atoms with Crippen LogP contribution in [0.15, 0.2) is 30.3 Å². The van der Waals surface area contributed by atoms with E-state index in [9.17, 15) is 13.2 Å². The van der Waals surface area contributed by atoms with Crippen LogP contribution in [-0.4, -0.2) is 37.6 Å². The van der Waals surface area contributed by atoms with Crippen molar-refractivity contribution in [2.75, 3.05) is 17.8 Å². The third-order valence-electron chi connectivity index (χ3n) is 4.62. The molecule has 0 unspecified atom stereocenters. The molecule has 5 nitrogen and oxygen atoms in total. The number of likely N-dealkylation sites (tertiary alicyclic amines) is 1. The van der Waals surface area contributed by atoms with Crippen LogP contribution in [0, 0.1) is 5.92 Å². The van der Waals surface area contributed by atoms with Gasteiger partial charge in [0.1, 0.15) is 0 Å². The third kappa shape index (κ3) is 3.27. The number of nitrogens with one attached hydrogen (secondary N) is 1. The maximum absolute atomic E-state index is 12.5. The zero-order chi connectivity index (χ0) is 15.6. The Balaban J connectivity index is 1.66. The molecule has 1 heterocycles. The quantitative estimate of drug-likeness (QED) is 0.924. The average molecular weight is 322 g/mol. The summed E-state index contributed by atoms with van der Waals surface area (Å²) in [5, 5.41) is -0.523. The summed E-state index contributed by atoms with van der Waals surface area (Å²) in [6.45, 7) is 1.00. The molecule has 0 radical (unpaired) electrons. The molecule has 0 bridgehead atoms. The largest absolute Gasteiger partial charge is 0.341 e. The zero-order valence-electron chi connectivity index (χ0n) is 12.6. The van der Waals surface area contributed by atoms with Crippen LogP contribution in [0.2, 0.25) is 0 Å². The summed E-state index contributed by atoms with van der Waals surface area (Å²) in [7, 11) is -3.46. The van der Waals surface area contributed by atoms with E-state index in [1.165, 1.54) is 0 Å². The Morgan fingerprint density at radius 2 is 1.82 bits per heavy atom. The number of anilines is 1. The summed E-state index contributed by atoms with van der Waals surface area (Å²) in [6, 6.07) is 8.91. The van der Waals surface area contributed by atoms with Gasteiger partial charge in [0.15, 0.2) is 0 Å². The maximum atomic E-state index is 12.5. The van der Waals surface area contributed by atoms with E-state index >= 15 is 0 Å². The molecule has 22 heavy (non-hydrogen) atoms. The smallest absolute Gasteiger partial charge is 0.237 e. The van der Waals surface area contributed by atoms with Gasteiger partial charge in [0, 0.05) is 24.7 Å². The van der Waals surface area contributed by atoms with E-state index in [2.05, 4.69) is 4.72 Å². The summed E-state index contributed by atoms with van der Waals surface area (Å²) in [5.41, 5.74) is 0.574. The summed E-state index contributed by atoms with van der Waals surface area (Å²) in [4.78, 5) is 14.1. The molecule has 2 aliphatic rings. The molecule has 1 atom stereocenters. The van der Waals surface area contributed by atoms with Gasteiger partial charge in [-0.1, -0.05) is 24.6 Å². The molecule has 120 valence electrons. The number of carbonyl (C=O) groups excluding carboxylic acids is 1. The topological polar surface area (TPSA) is 66.5 Å². The van der Waals surface area contributed by atoms with Gasteiger partial charge in [0.2, 0.25) is 15.9 Å². The van der Waals surface area contributed by atoms with E-state index in [-0.39, 0.29) is 11.8 Å². The molecule has 1 N–H and O–H groups in total. The second-order valence-electron chi connectivity index (χ2n) is 6.19. The molecule has 1 amide bonds. The van der Waals surface area contributed by atoms with Crippen LogP contribution in [0.3, 0.4) is 0 Å². The van der Waals surface area contributed by atoms with Gasteiger partial charge in [-0.2, -0.15) is 0 Å². The van der Waals surface area contributed by atoms with Crippen molar-refractivity contribution < 1.29 is 13.2 Å². The molecular weight excluding hydrogens is 300 g/mol. The monoisotopic (exact) mass is 322 g/mol. The van der Waals surface area contributed by atoms with Crippen LogP contribution in [0.25, 0.3) is 0 Å². The Morgan fingerprint density at radius 1 is 1.09 bits per heavy atom.